The Hall–Kier alpha value is -1.52. The molecule has 0 unspecified atom stereocenters. The van der Waals surface area contributed by atoms with Crippen LogP contribution >= 0.6 is 0 Å². The Balaban J connectivity index is 2.16. The van der Waals surface area contributed by atoms with E-state index in [1.807, 2.05) is 6.92 Å². The Bertz CT molecular complexity index is 406. The third-order valence-corrected chi connectivity index (χ3v) is 3.25. The summed E-state index contributed by atoms with van der Waals surface area (Å²) in [6.45, 7) is 4.65. The molecule has 0 aliphatic heterocycles. The fourth-order valence-electron chi connectivity index (χ4n) is 2.05. The van der Waals surface area contributed by atoms with Gasteiger partial charge in [0.2, 0.25) is 0 Å². The smallest absolute Gasteiger partial charge is 0.272 e. The highest BCUT2D eigenvalue weighted by Crippen LogP contribution is 2.31. The van der Waals surface area contributed by atoms with Crippen molar-refractivity contribution in [2.75, 3.05) is 5.73 Å². The quantitative estimate of drug-likeness (QED) is 0.806. The lowest BCUT2D eigenvalue weighted by molar-refractivity contribution is 0.0840. The van der Waals surface area contributed by atoms with Gasteiger partial charge in [-0.25, -0.2) is 0 Å². The zero-order valence-electron chi connectivity index (χ0n) is 9.79. The second-order valence-corrected chi connectivity index (χ2v) is 4.63. The van der Waals surface area contributed by atoms with E-state index in [1.165, 1.54) is 12.6 Å². The van der Waals surface area contributed by atoms with Gasteiger partial charge >= 0.3 is 0 Å². The molecule has 0 radical (unpaired) electrons. The predicted octanol–water partition coefficient (Wildman–Crippen LogP) is 1.16. The topological polar surface area (TPSA) is 72.9 Å². The van der Waals surface area contributed by atoms with Crippen molar-refractivity contribution in [2.45, 2.75) is 45.2 Å². The molecule has 0 aromatic carbocycles. The fourth-order valence-corrected chi connectivity index (χ4v) is 2.05. The van der Waals surface area contributed by atoms with Crippen molar-refractivity contribution in [3.05, 3.63) is 11.9 Å². The van der Waals surface area contributed by atoms with Crippen LogP contribution in [0.4, 0.5) is 5.69 Å². The maximum Gasteiger partial charge on any atom is 0.272 e. The molecule has 1 heterocycles. The largest absolute Gasteiger partial charge is 0.396 e. The lowest BCUT2D eigenvalue weighted by atomic mass is 9.78. The number of rotatable bonds is 3. The van der Waals surface area contributed by atoms with Gasteiger partial charge in [0.1, 0.15) is 5.69 Å². The number of amides is 1. The number of carbonyl (C=O) groups excluding carboxylic acids is 1. The summed E-state index contributed by atoms with van der Waals surface area (Å²) in [7, 11) is 0. The molecule has 0 bridgehead atoms. The number of nitrogen functional groups attached to an aromatic ring is 1. The SMILES string of the molecule is CCn1ncc(N)c1C(=O)NC1(C)CCC1. The Kier molecular flexibility index (Phi) is 2.61. The first-order valence-corrected chi connectivity index (χ1v) is 5.69. The number of carbonyl (C=O) groups is 1. The lowest BCUT2D eigenvalue weighted by Gasteiger charge is -2.39. The summed E-state index contributed by atoms with van der Waals surface area (Å²) < 4.78 is 1.63. The summed E-state index contributed by atoms with van der Waals surface area (Å²) in [5.41, 5.74) is 6.63. The molecule has 5 nitrogen and oxygen atoms in total. The van der Waals surface area contributed by atoms with Crippen LogP contribution in [0.2, 0.25) is 0 Å². The van der Waals surface area contributed by atoms with Gasteiger partial charge in [0.25, 0.3) is 5.91 Å². The molecule has 5 heteroatoms. The molecule has 2 rings (SSSR count). The molecular formula is C11H18N4O. The summed E-state index contributed by atoms with van der Waals surface area (Å²) in [5.74, 6) is -0.112. The molecule has 1 saturated carbocycles. The van der Waals surface area contributed by atoms with Crippen molar-refractivity contribution >= 4 is 11.6 Å². The van der Waals surface area contributed by atoms with Crippen molar-refractivity contribution in [3.63, 3.8) is 0 Å². The van der Waals surface area contributed by atoms with E-state index in [4.69, 9.17) is 5.73 Å². The van der Waals surface area contributed by atoms with E-state index in [0.29, 0.717) is 17.9 Å². The van der Waals surface area contributed by atoms with E-state index in [2.05, 4.69) is 17.3 Å². The van der Waals surface area contributed by atoms with E-state index in [-0.39, 0.29) is 11.4 Å². The van der Waals surface area contributed by atoms with Gasteiger partial charge < -0.3 is 11.1 Å². The van der Waals surface area contributed by atoms with E-state index in [0.717, 1.165) is 12.8 Å². The standard InChI is InChI=1S/C11H18N4O/c1-3-15-9(8(12)7-13-15)10(16)14-11(2)5-4-6-11/h7H,3-6,12H2,1-2H3,(H,14,16). The van der Waals surface area contributed by atoms with Crippen LogP contribution < -0.4 is 11.1 Å². The average Bonchev–Trinajstić information content (AvgIpc) is 2.57. The number of aryl methyl sites for hydroxylation is 1. The Morgan fingerprint density at radius 3 is 2.88 bits per heavy atom. The van der Waals surface area contributed by atoms with Gasteiger partial charge in [-0.05, 0) is 33.1 Å². The number of nitrogens with one attached hydrogen (secondary N) is 1. The van der Waals surface area contributed by atoms with Crippen LogP contribution in [-0.4, -0.2) is 21.2 Å². The lowest BCUT2D eigenvalue weighted by Crippen LogP contribution is -2.51. The predicted molar refractivity (Wildman–Crippen MR) is 62.0 cm³/mol. The van der Waals surface area contributed by atoms with Crippen molar-refractivity contribution in [1.82, 2.24) is 15.1 Å². The third kappa shape index (κ3) is 1.77. The molecule has 1 aliphatic rings. The number of nitrogens with zero attached hydrogens (tertiary/aromatic N) is 2. The monoisotopic (exact) mass is 222 g/mol. The summed E-state index contributed by atoms with van der Waals surface area (Å²) in [5, 5.41) is 7.09. The molecule has 16 heavy (non-hydrogen) atoms. The first kappa shape index (κ1) is 11.0. The highest BCUT2D eigenvalue weighted by Gasteiger charge is 2.34. The van der Waals surface area contributed by atoms with E-state index >= 15 is 0 Å². The van der Waals surface area contributed by atoms with Gasteiger partial charge in [-0.2, -0.15) is 5.10 Å². The summed E-state index contributed by atoms with van der Waals surface area (Å²) in [4.78, 5) is 12.1. The van der Waals surface area contributed by atoms with Crippen LogP contribution in [-0.2, 0) is 6.54 Å². The minimum Gasteiger partial charge on any atom is -0.396 e. The van der Waals surface area contributed by atoms with E-state index in [1.54, 1.807) is 4.68 Å². The number of aromatic nitrogens is 2. The van der Waals surface area contributed by atoms with Crippen molar-refractivity contribution < 1.29 is 4.79 Å². The number of nitrogens with two attached hydrogens (primary N) is 1. The molecule has 88 valence electrons. The van der Waals surface area contributed by atoms with E-state index in [9.17, 15) is 4.79 Å². The fraction of sp³-hybridized carbons (Fsp3) is 0.636. The Morgan fingerprint density at radius 1 is 1.69 bits per heavy atom. The Labute approximate surface area is 95.0 Å². The first-order valence-electron chi connectivity index (χ1n) is 5.69. The van der Waals surface area contributed by atoms with Gasteiger partial charge in [-0.3, -0.25) is 9.48 Å². The van der Waals surface area contributed by atoms with Gasteiger partial charge in [-0.1, -0.05) is 0 Å². The highest BCUT2D eigenvalue weighted by atomic mass is 16.2. The summed E-state index contributed by atoms with van der Waals surface area (Å²) in [6.07, 6.45) is 4.79. The zero-order chi connectivity index (χ0) is 11.8. The van der Waals surface area contributed by atoms with E-state index < -0.39 is 0 Å². The average molecular weight is 222 g/mol. The molecule has 1 aliphatic carbocycles. The molecular weight excluding hydrogens is 204 g/mol. The zero-order valence-corrected chi connectivity index (χ0v) is 9.79. The first-order chi connectivity index (χ1) is 7.56. The van der Waals surface area contributed by atoms with Gasteiger partial charge in [0.15, 0.2) is 0 Å². The molecule has 3 N–H and O–H groups in total. The number of hydrogen-bond donors (Lipinski definition) is 2. The Morgan fingerprint density at radius 2 is 2.38 bits per heavy atom. The van der Waals surface area contributed by atoms with Gasteiger partial charge in [0.05, 0.1) is 11.9 Å². The summed E-state index contributed by atoms with van der Waals surface area (Å²) in [6, 6.07) is 0. The van der Waals surface area contributed by atoms with Crippen molar-refractivity contribution in [2.24, 2.45) is 0 Å². The van der Waals surface area contributed by atoms with Gasteiger partial charge in [0, 0.05) is 12.1 Å². The second kappa shape index (κ2) is 3.81. The van der Waals surface area contributed by atoms with Crippen molar-refractivity contribution in [1.29, 1.82) is 0 Å². The van der Waals surface area contributed by atoms with Gasteiger partial charge in [-0.15, -0.1) is 0 Å². The van der Waals surface area contributed by atoms with Crippen LogP contribution in [0.3, 0.4) is 0 Å². The normalized spacial score (nSPS) is 17.9. The molecule has 1 aromatic rings. The van der Waals surface area contributed by atoms with Crippen LogP contribution in [0.5, 0.6) is 0 Å². The molecule has 1 amide bonds. The molecule has 0 saturated heterocycles. The minimum atomic E-state index is -0.112. The molecule has 0 spiro atoms. The second-order valence-electron chi connectivity index (χ2n) is 4.63. The number of anilines is 1. The number of hydrogen-bond acceptors (Lipinski definition) is 3. The third-order valence-electron chi connectivity index (χ3n) is 3.25. The van der Waals surface area contributed by atoms with Crippen LogP contribution in [0.1, 0.15) is 43.6 Å². The van der Waals surface area contributed by atoms with Crippen LogP contribution in [0, 0.1) is 0 Å². The molecule has 1 aromatic heterocycles. The maximum absolute atomic E-state index is 12.1. The van der Waals surface area contributed by atoms with Crippen LogP contribution in [0.15, 0.2) is 6.20 Å². The van der Waals surface area contributed by atoms with Crippen molar-refractivity contribution in [3.8, 4) is 0 Å². The minimum absolute atomic E-state index is 0.0492. The molecule has 1 fully saturated rings. The summed E-state index contributed by atoms with van der Waals surface area (Å²) >= 11 is 0. The maximum atomic E-state index is 12.1. The molecule has 0 atom stereocenters. The van der Waals surface area contributed by atoms with Crippen LogP contribution in [0.25, 0.3) is 0 Å². The highest BCUT2D eigenvalue weighted by molar-refractivity contribution is 5.97.